The van der Waals surface area contributed by atoms with Crippen LogP contribution in [0.2, 0.25) is 0 Å². The standard InChI is InChI=1S/C21H26N6OS2/c1-14-7-9-26(10-8-14)18-6-5-16(12-22-18)13-23-20(28)15(2)27-19(24-25-21(27)29)17-4-3-11-30-17/h3-6,11-12,14-15H,7-10,13H2,1-2H3,(H,23,28)(H,25,29). The fraction of sp³-hybridized carbons (Fsp3) is 0.429. The fourth-order valence-electron chi connectivity index (χ4n) is 3.64. The summed E-state index contributed by atoms with van der Waals surface area (Å²) in [5, 5.41) is 12.1. The Balaban J connectivity index is 1.38. The Hall–Kier alpha value is -2.52. The van der Waals surface area contributed by atoms with E-state index in [0.717, 1.165) is 35.3 Å². The van der Waals surface area contributed by atoms with Gasteiger partial charge in [0.25, 0.3) is 0 Å². The van der Waals surface area contributed by atoms with E-state index in [1.165, 1.54) is 12.8 Å². The van der Waals surface area contributed by atoms with Gasteiger partial charge < -0.3 is 10.2 Å². The molecular weight excluding hydrogens is 416 g/mol. The third kappa shape index (κ3) is 4.46. The number of aromatic nitrogens is 4. The van der Waals surface area contributed by atoms with Gasteiger partial charge in [-0.15, -0.1) is 11.3 Å². The zero-order chi connectivity index (χ0) is 21.1. The van der Waals surface area contributed by atoms with Gasteiger partial charge in [0.05, 0.1) is 4.88 Å². The third-order valence-corrected chi connectivity index (χ3v) is 6.75. The van der Waals surface area contributed by atoms with Gasteiger partial charge in [-0.1, -0.05) is 19.1 Å². The van der Waals surface area contributed by atoms with Crippen LogP contribution < -0.4 is 10.2 Å². The molecule has 0 spiro atoms. The maximum atomic E-state index is 12.8. The average Bonchev–Trinajstić information content (AvgIpc) is 3.42. The molecule has 0 aliphatic carbocycles. The zero-order valence-electron chi connectivity index (χ0n) is 17.2. The monoisotopic (exact) mass is 442 g/mol. The molecular formula is C21H26N6OS2. The van der Waals surface area contributed by atoms with E-state index >= 15 is 0 Å². The highest BCUT2D eigenvalue weighted by molar-refractivity contribution is 7.71. The molecule has 4 heterocycles. The highest BCUT2D eigenvalue weighted by Crippen LogP contribution is 2.26. The fourth-order valence-corrected chi connectivity index (χ4v) is 4.64. The van der Waals surface area contributed by atoms with Crippen LogP contribution in [0.15, 0.2) is 35.8 Å². The van der Waals surface area contributed by atoms with Crippen LogP contribution in [0.25, 0.3) is 10.7 Å². The number of hydrogen-bond donors (Lipinski definition) is 2. The molecule has 1 aliphatic heterocycles. The van der Waals surface area contributed by atoms with Crippen molar-refractivity contribution in [2.45, 2.75) is 39.3 Å². The van der Waals surface area contributed by atoms with Gasteiger partial charge in [0, 0.05) is 25.8 Å². The summed E-state index contributed by atoms with van der Waals surface area (Å²) in [7, 11) is 0. The first-order valence-corrected chi connectivity index (χ1v) is 11.5. The van der Waals surface area contributed by atoms with E-state index < -0.39 is 6.04 Å². The number of thiophene rings is 1. The van der Waals surface area contributed by atoms with Crippen LogP contribution in [-0.4, -0.2) is 38.7 Å². The summed E-state index contributed by atoms with van der Waals surface area (Å²) in [4.78, 5) is 20.7. The van der Waals surface area contributed by atoms with Crippen molar-refractivity contribution in [2.24, 2.45) is 5.92 Å². The van der Waals surface area contributed by atoms with E-state index in [0.29, 0.717) is 17.1 Å². The molecule has 7 nitrogen and oxygen atoms in total. The predicted octanol–water partition coefficient (Wildman–Crippen LogP) is 4.18. The quantitative estimate of drug-likeness (QED) is 0.560. The minimum absolute atomic E-state index is 0.112. The van der Waals surface area contributed by atoms with Crippen LogP contribution in [0.3, 0.4) is 0 Å². The summed E-state index contributed by atoms with van der Waals surface area (Å²) < 4.78 is 2.19. The molecule has 0 bridgehead atoms. The van der Waals surface area contributed by atoms with Crippen LogP contribution >= 0.6 is 23.6 Å². The zero-order valence-corrected chi connectivity index (χ0v) is 18.8. The summed E-state index contributed by atoms with van der Waals surface area (Å²) in [5.74, 6) is 2.37. The molecule has 1 unspecified atom stereocenters. The number of carbonyl (C=O) groups is 1. The van der Waals surface area contributed by atoms with E-state index in [1.54, 1.807) is 15.9 Å². The second kappa shape index (κ2) is 9.09. The van der Waals surface area contributed by atoms with E-state index in [9.17, 15) is 4.79 Å². The van der Waals surface area contributed by atoms with Gasteiger partial charge in [-0.3, -0.25) is 14.5 Å². The number of amides is 1. The number of carbonyl (C=O) groups excluding carboxylic acids is 1. The Labute approximate surface area is 185 Å². The second-order valence-corrected chi connectivity index (χ2v) is 9.12. The van der Waals surface area contributed by atoms with Crippen molar-refractivity contribution in [1.29, 1.82) is 0 Å². The van der Waals surface area contributed by atoms with E-state index in [-0.39, 0.29) is 5.91 Å². The first-order valence-electron chi connectivity index (χ1n) is 10.2. The molecule has 1 fully saturated rings. The second-order valence-electron chi connectivity index (χ2n) is 7.79. The maximum Gasteiger partial charge on any atom is 0.243 e. The number of nitrogens with one attached hydrogen (secondary N) is 2. The number of nitrogens with zero attached hydrogens (tertiary/aromatic N) is 4. The van der Waals surface area contributed by atoms with Gasteiger partial charge in [0.15, 0.2) is 10.6 Å². The van der Waals surface area contributed by atoms with Crippen LogP contribution in [0.1, 0.15) is 38.3 Å². The lowest BCUT2D eigenvalue weighted by atomic mass is 9.99. The highest BCUT2D eigenvalue weighted by atomic mass is 32.1. The van der Waals surface area contributed by atoms with Crippen molar-refractivity contribution in [3.63, 3.8) is 0 Å². The first-order chi connectivity index (χ1) is 14.5. The van der Waals surface area contributed by atoms with Crippen LogP contribution in [0.4, 0.5) is 5.82 Å². The van der Waals surface area contributed by atoms with Crippen LogP contribution in [0.5, 0.6) is 0 Å². The average molecular weight is 443 g/mol. The molecule has 1 amide bonds. The van der Waals surface area contributed by atoms with Gasteiger partial charge in [-0.25, -0.2) is 4.98 Å². The summed E-state index contributed by atoms with van der Waals surface area (Å²) >= 11 is 6.92. The van der Waals surface area contributed by atoms with Crippen molar-refractivity contribution in [3.8, 4) is 10.7 Å². The highest BCUT2D eigenvalue weighted by Gasteiger charge is 2.21. The van der Waals surface area contributed by atoms with Gasteiger partial charge in [-0.05, 0) is 61.0 Å². The predicted molar refractivity (Wildman–Crippen MR) is 122 cm³/mol. The van der Waals surface area contributed by atoms with Crippen molar-refractivity contribution in [3.05, 3.63) is 46.2 Å². The number of H-pyrrole nitrogens is 1. The SMILES string of the molecule is CC1CCN(c2ccc(CNC(=O)C(C)n3c(-c4cccs4)n[nH]c3=S)cn2)CC1. The Morgan fingerprint density at radius 1 is 1.37 bits per heavy atom. The summed E-state index contributed by atoms with van der Waals surface area (Å²) in [5.41, 5.74) is 0.971. The minimum Gasteiger partial charge on any atom is -0.357 e. The topological polar surface area (TPSA) is 78.8 Å². The molecule has 4 rings (SSSR count). The number of pyridine rings is 1. The van der Waals surface area contributed by atoms with E-state index in [2.05, 4.69) is 32.3 Å². The van der Waals surface area contributed by atoms with Crippen LogP contribution in [-0.2, 0) is 11.3 Å². The van der Waals surface area contributed by atoms with Gasteiger partial charge in [0.1, 0.15) is 11.9 Å². The normalized spacial score (nSPS) is 15.9. The molecule has 158 valence electrons. The Kier molecular flexibility index (Phi) is 6.29. The molecule has 0 radical (unpaired) electrons. The largest absolute Gasteiger partial charge is 0.357 e. The lowest BCUT2D eigenvalue weighted by Crippen LogP contribution is -2.33. The minimum atomic E-state index is -0.476. The van der Waals surface area contributed by atoms with E-state index in [4.69, 9.17) is 12.2 Å². The summed E-state index contributed by atoms with van der Waals surface area (Å²) in [6, 6.07) is 7.52. The smallest absolute Gasteiger partial charge is 0.243 e. The van der Waals surface area contributed by atoms with Crippen molar-refractivity contribution >= 4 is 35.3 Å². The molecule has 2 N–H and O–H groups in total. The molecule has 1 atom stereocenters. The van der Waals surface area contributed by atoms with Gasteiger partial charge >= 0.3 is 0 Å². The molecule has 0 aromatic carbocycles. The molecule has 3 aromatic rings. The Bertz CT molecular complexity index is 1030. The molecule has 0 saturated carbocycles. The lowest BCUT2D eigenvalue weighted by molar-refractivity contribution is -0.124. The van der Waals surface area contributed by atoms with Crippen molar-refractivity contribution < 1.29 is 4.79 Å². The number of aromatic amines is 1. The maximum absolute atomic E-state index is 12.8. The lowest BCUT2D eigenvalue weighted by Gasteiger charge is -2.31. The third-order valence-electron chi connectivity index (χ3n) is 5.60. The molecule has 9 heteroatoms. The summed E-state index contributed by atoms with van der Waals surface area (Å²) in [6.07, 6.45) is 4.27. The number of anilines is 1. The molecule has 1 saturated heterocycles. The Morgan fingerprint density at radius 2 is 2.17 bits per heavy atom. The molecule has 3 aromatic heterocycles. The van der Waals surface area contributed by atoms with Crippen molar-refractivity contribution in [2.75, 3.05) is 18.0 Å². The van der Waals surface area contributed by atoms with Gasteiger partial charge in [0.2, 0.25) is 5.91 Å². The summed E-state index contributed by atoms with van der Waals surface area (Å²) in [6.45, 7) is 6.67. The van der Waals surface area contributed by atoms with Gasteiger partial charge in [-0.2, -0.15) is 5.10 Å². The first kappa shape index (κ1) is 20.7. The molecule has 30 heavy (non-hydrogen) atoms. The number of piperidine rings is 1. The number of rotatable bonds is 6. The Morgan fingerprint density at radius 3 is 2.83 bits per heavy atom. The molecule has 1 aliphatic rings. The number of hydrogen-bond acceptors (Lipinski definition) is 6. The van der Waals surface area contributed by atoms with Crippen molar-refractivity contribution in [1.82, 2.24) is 25.1 Å². The van der Waals surface area contributed by atoms with Crippen LogP contribution in [0, 0.1) is 10.7 Å². The van der Waals surface area contributed by atoms with E-state index in [1.807, 2.05) is 42.8 Å².